The molecule has 0 unspecified atom stereocenters. The van der Waals surface area contributed by atoms with Crippen LogP contribution in [0.15, 0.2) is 64.3 Å². The normalized spacial score (nSPS) is 10.4. The third-order valence-electron chi connectivity index (χ3n) is 3.34. The van der Waals surface area contributed by atoms with E-state index >= 15 is 0 Å². The number of para-hydroxylation sites is 2. The Balaban J connectivity index is 1.57. The first kappa shape index (κ1) is 17.5. The number of carbonyl (C=O) groups excluding carboxylic acids is 1. The summed E-state index contributed by atoms with van der Waals surface area (Å²) in [4.78, 5) is 16.8. The van der Waals surface area contributed by atoms with Gasteiger partial charge in [0, 0.05) is 10.9 Å². The van der Waals surface area contributed by atoms with Gasteiger partial charge in [-0.3, -0.25) is 4.79 Å². The molecule has 4 nitrogen and oxygen atoms in total. The van der Waals surface area contributed by atoms with Crippen LogP contribution in [0.4, 0.5) is 5.69 Å². The number of rotatable bonds is 7. The first-order valence-corrected chi connectivity index (χ1v) is 9.78. The summed E-state index contributed by atoms with van der Waals surface area (Å²) in [5.74, 6) is 0.917. The summed E-state index contributed by atoms with van der Waals surface area (Å²) in [5, 5.41) is 4.91. The Morgan fingerprint density at radius 3 is 2.72 bits per heavy atom. The average molecular weight is 370 g/mol. The Hall–Kier alpha value is -2.31. The minimum absolute atomic E-state index is 0.0754. The van der Waals surface area contributed by atoms with E-state index in [4.69, 9.17) is 4.74 Å². The molecule has 25 heavy (non-hydrogen) atoms. The lowest BCUT2D eigenvalue weighted by atomic mass is 10.2. The molecule has 0 fully saturated rings. The number of nitrogens with zero attached hydrogens (tertiary/aromatic N) is 1. The second kappa shape index (κ2) is 8.69. The number of thioether (sulfide) groups is 1. The molecular formula is C19H18N2O2S2. The van der Waals surface area contributed by atoms with Crippen LogP contribution in [0.3, 0.4) is 0 Å². The zero-order valence-electron chi connectivity index (χ0n) is 13.8. The minimum Gasteiger partial charge on any atom is -0.492 e. The molecule has 3 aromatic rings. The molecule has 0 radical (unpaired) electrons. The van der Waals surface area contributed by atoms with Crippen LogP contribution < -0.4 is 10.1 Å². The third kappa shape index (κ3) is 4.84. The number of benzene rings is 2. The van der Waals surface area contributed by atoms with E-state index < -0.39 is 0 Å². The number of amides is 1. The van der Waals surface area contributed by atoms with Crippen molar-refractivity contribution in [2.24, 2.45) is 0 Å². The van der Waals surface area contributed by atoms with Gasteiger partial charge in [0.1, 0.15) is 5.75 Å². The van der Waals surface area contributed by atoms with Crippen molar-refractivity contribution in [2.75, 3.05) is 17.7 Å². The summed E-state index contributed by atoms with van der Waals surface area (Å²) in [5.41, 5.74) is 2.72. The van der Waals surface area contributed by atoms with Crippen LogP contribution >= 0.6 is 23.1 Å². The fourth-order valence-electron chi connectivity index (χ4n) is 2.23. The second-order valence-electron chi connectivity index (χ2n) is 5.13. The number of aromatic nitrogens is 1. The van der Waals surface area contributed by atoms with E-state index in [0.29, 0.717) is 23.8 Å². The van der Waals surface area contributed by atoms with Gasteiger partial charge in [-0.15, -0.1) is 11.3 Å². The Morgan fingerprint density at radius 1 is 1.16 bits per heavy atom. The number of nitrogens with one attached hydrogen (secondary N) is 1. The van der Waals surface area contributed by atoms with E-state index in [9.17, 15) is 4.79 Å². The van der Waals surface area contributed by atoms with E-state index in [1.165, 1.54) is 11.8 Å². The fourth-order valence-corrected chi connectivity index (χ4v) is 3.87. The predicted molar refractivity (Wildman–Crippen MR) is 105 cm³/mol. The van der Waals surface area contributed by atoms with Gasteiger partial charge < -0.3 is 10.1 Å². The summed E-state index contributed by atoms with van der Waals surface area (Å²) in [7, 11) is 0. The molecule has 0 aliphatic heterocycles. The Morgan fingerprint density at radius 2 is 1.92 bits per heavy atom. The molecule has 2 aromatic carbocycles. The highest BCUT2D eigenvalue weighted by molar-refractivity contribution is 8.01. The van der Waals surface area contributed by atoms with Gasteiger partial charge in [-0.1, -0.05) is 54.2 Å². The standard InChI is InChI=1S/C19H18N2O2S2/c1-2-23-17-11-7-6-10-15(17)20-18(22)13-25-19-21-16(12-24-19)14-8-4-3-5-9-14/h3-12H,2,13H2,1H3,(H,20,22). The number of ether oxygens (including phenoxy) is 1. The van der Waals surface area contributed by atoms with Crippen molar-refractivity contribution in [2.45, 2.75) is 11.3 Å². The number of anilines is 1. The average Bonchev–Trinajstić information content (AvgIpc) is 3.12. The van der Waals surface area contributed by atoms with E-state index in [1.807, 2.05) is 66.9 Å². The highest BCUT2D eigenvalue weighted by Gasteiger charge is 2.10. The van der Waals surface area contributed by atoms with Gasteiger partial charge in [0.25, 0.3) is 0 Å². The highest BCUT2D eigenvalue weighted by atomic mass is 32.2. The molecule has 0 bridgehead atoms. The molecule has 0 aliphatic carbocycles. The van der Waals surface area contributed by atoms with E-state index in [-0.39, 0.29) is 5.91 Å². The van der Waals surface area contributed by atoms with Crippen LogP contribution in [0.1, 0.15) is 6.92 Å². The van der Waals surface area contributed by atoms with Gasteiger partial charge in [-0.25, -0.2) is 4.98 Å². The number of thiazole rings is 1. The van der Waals surface area contributed by atoms with Crippen LogP contribution in [0.5, 0.6) is 5.75 Å². The van der Waals surface area contributed by atoms with Crippen molar-refractivity contribution in [3.8, 4) is 17.0 Å². The topological polar surface area (TPSA) is 51.2 Å². The third-order valence-corrected chi connectivity index (χ3v) is 5.36. The van der Waals surface area contributed by atoms with Crippen LogP contribution in [0, 0.1) is 0 Å². The summed E-state index contributed by atoms with van der Waals surface area (Å²) in [6, 6.07) is 17.5. The first-order valence-electron chi connectivity index (χ1n) is 7.91. The summed E-state index contributed by atoms with van der Waals surface area (Å²) >= 11 is 2.99. The van der Waals surface area contributed by atoms with Crippen LogP contribution in [-0.4, -0.2) is 23.3 Å². The molecule has 0 saturated heterocycles. The van der Waals surface area contributed by atoms with E-state index in [2.05, 4.69) is 10.3 Å². The SMILES string of the molecule is CCOc1ccccc1NC(=O)CSc1nc(-c2ccccc2)cs1. The number of hydrogen-bond acceptors (Lipinski definition) is 5. The molecule has 0 spiro atoms. The summed E-state index contributed by atoms with van der Waals surface area (Å²) in [6.07, 6.45) is 0. The van der Waals surface area contributed by atoms with Crippen molar-refractivity contribution < 1.29 is 9.53 Å². The summed E-state index contributed by atoms with van der Waals surface area (Å²) < 4.78 is 6.40. The van der Waals surface area contributed by atoms with Crippen molar-refractivity contribution in [3.05, 3.63) is 60.0 Å². The monoisotopic (exact) mass is 370 g/mol. The highest BCUT2D eigenvalue weighted by Crippen LogP contribution is 2.29. The lowest BCUT2D eigenvalue weighted by molar-refractivity contribution is -0.113. The van der Waals surface area contributed by atoms with Crippen molar-refractivity contribution in [1.29, 1.82) is 0 Å². The second-order valence-corrected chi connectivity index (χ2v) is 7.21. The van der Waals surface area contributed by atoms with E-state index in [0.717, 1.165) is 15.6 Å². The zero-order chi connectivity index (χ0) is 17.5. The maximum atomic E-state index is 12.2. The largest absolute Gasteiger partial charge is 0.492 e. The fraction of sp³-hybridized carbons (Fsp3) is 0.158. The molecule has 6 heteroatoms. The lowest BCUT2D eigenvalue weighted by Crippen LogP contribution is -2.14. The summed E-state index contributed by atoms with van der Waals surface area (Å²) in [6.45, 7) is 2.48. The van der Waals surface area contributed by atoms with Gasteiger partial charge in [-0.2, -0.15) is 0 Å². The molecule has 1 N–H and O–H groups in total. The van der Waals surface area contributed by atoms with Crippen LogP contribution in [0.2, 0.25) is 0 Å². The minimum atomic E-state index is -0.0754. The molecule has 1 amide bonds. The Kier molecular flexibility index (Phi) is 6.09. The molecule has 1 heterocycles. The van der Waals surface area contributed by atoms with Gasteiger partial charge in [0.2, 0.25) is 5.91 Å². The molecule has 0 atom stereocenters. The van der Waals surface area contributed by atoms with E-state index in [1.54, 1.807) is 11.3 Å². The van der Waals surface area contributed by atoms with Gasteiger partial charge in [0.15, 0.2) is 4.34 Å². The maximum absolute atomic E-state index is 12.2. The van der Waals surface area contributed by atoms with Gasteiger partial charge in [0.05, 0.1) is 23.7 Å². The molecule has 0 saturated carbocycles. The van der Waals surface area contributed by atoms with Crippen molar-refractivity contribution >= 4 is 34.7 Å². The van der Waals surface area contributed by atoms with Crippen LogP contribution in [0.25, 0.3) is 11.3 Å². The lowest BCUT2D eigenvalue weighted by Gasteiger charge is -2.10. The molecule has 3 rings (SSSR count). The number of hydrogen-bond donors (Lipinski definition) is 1. The Bertz CT molecular complexity index is 834. The Labute approximate surface area is 155 Å². The molecule has 0 aliphatic rings. The first-order chi connectivity index (χ1) is 12.3. The molecule has 1 aromatic heterocycles. The predicted octanol–water partition coefficient (Wildman–Crippen LogP) is 4.94. The maximum Gasteiger partial charge on any atom is 0.234 e. The van der Waals surface area contributed by atoms with Gasteiger partial charge in [-0.05, 0) is 19.1 Å². The van der Waals surface area contributed by atoms with Crippen molar-refractivity contribution in [3.63, 3.8) is 0 Å². The molecular weight excluding hydrogens is 352 g/mol. The molecule has 128 valence electrons. The quantitative estimate of drug-likeness (QED) is 0.599. The van der Waals surface area contributed by atoms with Crippen molar-refractivity contribution in [1.82, 2.24) is 4.98 Å². The van der Waals surface area contributed by atoms with Crippen LogP contribution in [-0.2, 0) is 4.79 Å². The number of carbonyl (C=O) groups is 1. The zero-order valence-corrected chi connectivity index (χ0v) is 15.4. The smallest absolute Gasteiger partial charge is 0.234 e. The van der Waals surface area contributed by atoms with Gasteiger partial charge >= 0.3 is 0 Å².